The van der Waals surface area contributed by atoms with Crippen LogP contribution in [0, 0.1) is 0 Å². The molecule has 0 spiro atoms. The summed E-state index contributed by atoms with van der Waals surface area (Å²) in [5.74, 6) is -2.99. The minimum absolute atomic E-state index is 0.0693. The van der Waals surface area contributed by atoms with Crippen molar-refractivity contribution in [1.29, 1.82) is 0 Å². The minimum Gasteiger partial charge on any atom is -0.480 e. The van der Waals surface area contributed by atoms with Crippen LogP contribution in [0.3, 0.4) is 0 Å². The first-order valence-electron chi connectivity index (χ1n) is 8.32. The number of esters is 1. The van der Waals surface area contributed by atoms with E-state index in [9.17, 15) is 24.6 Å². The number of carbonyl (C=O) groups is 3. The summed E-state index contributed by atoms with van der Waals surface area (Å²) in [7, 11) is 0. The van der Waals surface area contributed by atoms with Crippen LogP contribution in [-0.2, 0) is 19.1 Å². The number of thioether (sulfide) groups is 1. The standard InChI is InChI=1S/C14H22N6O8S/c15-5(13(24)25)2-29-3-6(16)14(26)27-1-7-8(21)9(22)12(28-7)20-4-18-11(19-20)10(17)23/h4-9,12,21-22H,1-3,15-16H2,(H2,17,23)(H,24,25)/t5-,6-,7+,8+,9+,12+/m0/s1. The number of hydrogen-bond acceptors (Lipinski definition) is 12. The van der Waals surface area contributed by atoms with Crippen LogP contribution in [0.4, 0.5) is 0 Å². The van der Waals surface area contributed by atoms with E-state index in [1.807, 2.05) is 0 Å². The smallest absolute Gasteiger partial charge is 0.323 e. The highest BCUT2D eigenvalue weighted by Gasteiger charge is 2.45. The fourth-order valence-corrected chi connectivity index (χ4v) is 3.25. The molecule has 0 aliphatic carbocycles. The summed E-state index contributed by atoms with van der Waals surface area (Å²) in [5.41, 5.74) is 16.1. The van der Waals surface area contributed by atoms with Gasteiger partial charge in [-0.05, 0) is 0 Å². The molecule has 1 aliphatic rings. The van der Waals surface area contributed by atoms with Gasteiger partial charge in [0.1, 0.15) is 43.3 Å². The lowest BCUT2D eigenvalue weighted by Crippen LogP contribution is -2.39. The Bertz CT molecular complexity index is 747. The van der Waals surface area contributed by atoms with Crippen molar-refractivity contribution in [3.63, 3.8) is 0 Å². The molecule has 9 N–H and O–H groups in total. The zero-order chi connectivity index (χ0) is 21.7. The molecule has 0 unspecified atom stereocenters. The fraction of sp³-hybridized carbons (Fsp3) is 0.643. The van der Waals surface area contributed by atoms with E-state index in [2.05, 4.69) is 10.1 Å². The maximum atomic E-state index is 11.9. The van der Waals surface area contributed by atoms with Crippen molar-refractivity contribution in [3.05, 3.63) is 12.2 Å². The summed E-state index contributed by atoms with van der Waals surface area (Å²) in [5, 5.41) is 32.6. The van der Waals surface area contributed by atoms with Gasteiger partial charge in [0.15, 0.2) is 6.23 Å². The average molecular weight is 434 g/mol. The van der Waals surface area contributed by atoms with Gasteiger partial charge in [0, 0.05) is 11.5 Å². The number of aromatic nitrogens is 3. The highest BCUT2D eigenvalue weighted by atomic mass is 32.2. The van der Waals surface area contributed by atoms with E-state index in [1.165, 1.54) is 0 Å². The molecule has 1 fully saturated rings. The molecular weight excluding hydrogens is 412 g/mol. The molecule has 14 nitrogen and oxygen atoms in total. The van der Waals surface area contributed by atoms with Gasteiger partial charge in [-0.2, -0.15) is 11.8 Å². The summed E-state index contributed by atoms with van der Waals surface area (Å²) in [4.78, 5) is 37.3. The summed E-state index contributed by atoms with van der Waals surface area (Å²) < 4.78 is 11.5. The van der Waals surface area contributed by atoms with Crippen LogP contribution >= 0.6 is 11.8 Å². The van der Waals surface area contributed by atoms with Crippen LogP contribution < -0.4 is 17.2 Å². The van der Waals surface area contributed by atoms with Crippen LogP contribution in [0.2, 0.25) is 0 Å². The molecule has 1 aromatic heterocycles. The van der Waals surface area contributed by atoms with Gasteiger partial charge in [0.2, 0.25) is 5.82 Å². The van der Waals surface area contributed by atoms with Crippen molar-refractivity contribution in [2.45, 2.75) is 36.6 Å². The molecule has 2 heterocycles. The SMILES string of the molecule is NC(=O)c1ncn([C@@H]2O[C@H](COC(=O)[C@@H](N)CSC[C@H](N)C(=O)O)[C@@H](O)[C@H]2O)n1. The number of primary amides is 1. The molecule has 1 aromatic rings. The molecule has 2 rings (SSSR count). The van der Waals surface area contributed by atoms with E-state index in [4.69, 9.17) is 31.8 Å². The number of amides is 1. The number of aliphatic hydroxyl groups is 2. The van der Waals surface area contributed by atoms with Crippen LogP contribution in [0.1, 0.15) is 16.8 Å². The van der Waals surface area contributed by atoms with Gasteiger partial charge in [-0.3, -0.25) is 14.4 Å². The number of ether oxygens (including phenoxy) is 2. The van der Waals surface area contributed by atoms with Crippen LogP contribution in [0.25, 0.3) is 0 Å². The fourth-order valence-electron chi connectivity index (χ4n) is 2.33. The third-order valence-electron chi connectivity index (χ3n) is 3.93. The zero-order valence-electron chi connectivity index (χ0n) is 15.0. The zero-order valence-corrected chi connectivity index (χ0v) is 15.8. The van der Waals surface area contributed by atoms with Crippen molar-refractivity contribution < 1.29 is 39.2 Å². The predicted octanol–water partition coefficient (Wildman–Crippen LogP) is -3.99. The average Bonchev–Trinajstić information content (AvgIpc) is 3.26. The number of aliphatic hydroxyl groups excluding tert-OH is 2. The maximum absolute atomic E-state index is 11.9. The molecule has 0 saturated carbocycles. The van der Waals surface area contributed by atoms with Gasteiger partial charge < -0.3 is 42.0 Å². The Morgan fingerprint density at radius 2 is 1.90 bits per heavy atom. The minimum atomic E-state index is -1.43. The number of carboxylic acids is 1. The van der Waals surface area contributed by atoms with Gasteiger partial charge in [-0.15, -0.1) is 5.10 Å². The van der Waals surface area contributed by atoms with Crippen molar-refractivity contribution >= 4 is 29.6 Å². The summed E-state index contributed by atoms with van der Waals surface area (Å²) in [6, 6.07) is -2.12. The lowest BCUT2D eigenvalue weighted by Gasteiger charge is -2.17. The van der Waals surface area contributed by atoms with Crippen molar-refractivity contribution in [2.24, 2.45) is 17.2 Å². The highest BCUT2D eigenvalue weighted by Crippen LogP contribution is 2.29. The van der Waals surface area contributed by atoms with Crippen LogP contribution in [0.5, 0.6) is 0 Å². The summed E-state index contributed by atoms with van der Waals surface area (Å²) in [6.45, 7) is -0.405. The molecular formula is C14H22N6O8S. The third kappa shape index (κ3) is 5.84. The quantitative estimate of drug-likeness (QED) is 0.193. The first-order valence-corrected chi connectivity index (χ1v) is 9.48. The Labute approximate surface area is 168 Å². The van der Waals surface area contributed by atoms with Gasteiger partial charge in [-0.1, -0.05) is 0 Å². The summed E-state index contributed by atoms with van der Waals surface area (Å²) >= 11 is 1.08. The molecule has 1 aliphatic heterocycles. The number of hydrogen-bond donors (Lipinski definition) is 6. The highest BCUT2D eigenvalue weighted by molar-refractivity contribution is 7.99. The molecule has 162 valence electrons. The van der Waals surface area contributed by atoms with E-state index in [1.54, 1.807) is 0 Å². The second-order valence-electron chi connectivity index (χ2n) is 6.18. The second-order valence-corrected chi connectivity index (χ2v) is 7.25. The summed E-state index contributed by atoms with van der Waals surface area (Å²) in [6.07, 6.45) is -3.99. The molecule has 15 heteroatoms. The topological polar surface area (TPSA) is 239 Å². The molecule has 1 amide bonds. The van der Waals surface area contributed by atoms with E-state index in [-0.39, 0.29) is 17.3 Å². The Kier molecular flexibility index (Phi) is 7.88. The number of rotatable bonds is 10. The number of nitrogens with two attached hydrogens (primary N) is 3. The number of carboxylic acid groups (broad SMARTS) is 1. The first-order chi connectivity index (χ1) is 13.6. The molecule has 0 aromatic carbocycles. The van der Waals surface area contributed by atoms with Gasteiger partial charge in [0.05, 0.1) is 0 Å². The molecule has 0 radical (unpaired) electrons. The first kappa shape index (κ1) is 23.0. The predicted molar refractivity (Wildman–Crippen MR) is 96.3 cm³/mol. The van der Waals surface area contributed by atoms with Gasteiger partial charge in [0.25, 0.3) is 5.91 Å². The van der Waals surface area contributed by atoms with Gasteiger partial charge in [-0.25, -0.2) is 9.67 Å². The van der Waals surface area contributed by atoms with E-state index in [0.717, 1.165) is 22.8 Å². The van der Waals surface area contributed by atoms with Crippen molar-refractivity contribution in [1.82, 2.24) is 14.8 Å². The lowest BCUT2D eigenvalue weighted by atomic mass is 10.1. The largest absolute Gasteiger partial charge is 0.480 e. The Hall–Kier alpha value is -2.30. The number of nitrogens with zero attached hydrogens (tertiary/aromatic N) is 3. The lowest BCUT2D eigenvalue weighted by molar-refractivity contribution is -0.151. The number of aliphatic carboxylic acids is 1. The van der Waals surface area contributed by atoms with E-state index in [0.29, 0.717) is 0 Å². The normalized spacial score (nSPS) is 26.1. The molecule has 1 saturated heterocycles. The Morgan fingerprint density at radius 3 is 2.48 bits per heavy atom. The van der Waals surface area contributed by atoms with Crippen LogP contribution in [-0.4, -0.2) is 96.4 Å². The van der Waals surface area contributed by atoms with Gasteiger partial charge >= 0.3 is 11.9 Å². The van der Waals surface area contributed by atoms with Crippen LogP contribution in [0.15, 0.2) is 6.33 Å². The third-order valence-corrected chi connectivity index (χ3v) is 5.12. The Morgan fingerprint density at radius 1 is 1.24 bits per heavy atom. The Balaban J connectivity index is 1.82. The number of carbonyl (C=O) groups excluding carboxylic acids is 2. The molecule has 6 atom stereocenters. The second kappa shape index (κ2) is 9.95. The van der Waals surface area contributed by atoms with E-state index >= 15 is 0 Å². The maximum Gasteiger partial charge on any atom is 0.323 e. The molecule has 29 heavy (non-hydrogen) atoms. The van der Waals surface area contributed by atoms with Crippen molar-refractivity contribution in [2.75, 3.05) is 18.1 Å². The van der Waals surface area contributed by atoms with E-state index < -0.39 is 61.1 Å². The molecule has 0 bridgehead atoms. The monoisotopic (exact) mass is 434 g/mol. The van der Waals surface area contributed by atoms with Crippen molar-refractivity contribution in [3.8, 4) is 0 Å².